The maximum atomic E-state index is 12.9. The minimum Gasteiger partial charge on any atom is -0.507 e. The van der Waals surface area contributed by atoms with Crippen LogP contribution in [0.3, 0.4) is 0 Å². The van der Waals surface area contributed by atoms with E-state index in [0.717, 1.165) is 31.5 Å². The van der Waals surface area contributed by atoms with Gasteiger partial charge in [-0.25, -0.2) is 0 Å². The number of phenols is 1. The Hall–Kier alpha value is -2.79. The number of benzene rings is 2. The molecule has 2 aromatic carbocycles. The Bertz CT molecular complexity index is 911. The quantitative estimate of drug-likeness (QED) is 0.798. The van der Waals surface area contributed by atoms with E-state index < -0.39 is 0 Å². The summed E-state index contributed by atoms with van der Waals surface area (Å²) in [5, 5.41) is 10.5. The molecular weight excluding hydrogens is 354 g/mol. The monoisotopic (exact) mass is 379 g/mol. The fraction of sp³-hybridized carbons (Fsp3) is 0.348. The molecule has 0 bridgehead atoms. The second-order valence-electron chi connectivity index (χ2n) is 7.31. The van der Waals surface area contributed by atoms with Gasteiger partial charge in [-0.1, -0.05) is 31.0 Å². The molecule has 5 heteroatoms. The Kier molecular flexibility index (Phi) is 5.35. The third-order valence-electron chi connectivity index (χ3n) is 5.42. The molecule has 0 radical (unpaired) electrons. The van der Waals surface area contributed by atoms with Gasteiger partial charge in [-0.05, 0) is 50.2 Å². The van der Waals surface area contributed by atoms with Crippen LogP contribution in [0.4, 0.5) is 0 Å². The summed E-state index contributed by atoms with van der Waals surface area (Å²) in [5.41, 5.74) is 1.97. The van der Waals surface area contributed by atoms with Crippen LogP contribution in [0.1, 0.15) is 47.2 Å². The number of methoxy groups -OCH3 is 1. The van der Waals surface area contributed by atoms with Crippen LogP contribution in [0.25, 0.3) is 6.08 Å². The third kappa shape index (κ3) is 3.62. The van der Waals surface area contributed by atoms with Gasteiger partial charge in [-0.3, -0.25) is 9.69 Å². The number of carbonyl (C=O) groups excluding carboxylic acids is 1. The number of fused-ring (bicyclic) bond motifs is 1. The molecule has 146 valence electrons. The predicted octanol–water partition coefficient (Wildman–Crippen LogP) is 4.39. The molecule has 2 aromatic rings. The Labute approximate surface area is 165 Å². The van der Waals surface area contributed by atoms with Gasteiger partial charge in [0.25, 0.3) is 0 Å². The molecule has 2 aliphatic heterocycles. The van der Waals surface area contributed by atoms with Gasteiger partial charge >= 0.3 is 0 Å². The Morgan fingerprint density at radius 1 is 1.11 bits per heavy atom. The Morgan fingerprint density at radius 2 is 1.86 bits per heavy atom. The molecule has 4 rings (SSSR count). The standard InChI is InChI=1S/C23H25NO4/c1-27-20-9-5-4-8-16(20)14-21-22(26)17-10-11-19(25)18(23(17)28-21)15-24-12-6-2-3-7-13-24/h4-5,8-11,14,25H,2-3,6-7,12-13,15H2,1H3/b21-14-. The summed E-state index contributed by atoms with van der Waals surface area (Å²) in [6, 6.07) is 10.7. The number of carbonyl (C=O) groups is 1. The molecule has 0 aliphatic carbocycles. The lowest BCUT2D eigenvalue weighted by molar-refractivity contribution is 0.101. The van der Waals surface area contributed by atoms with Crippen molar-refractivity contribution in [1.29, 1.82) is 0 Å². The third-order valence-corrected chi connectivity index (χ3v) is 5.42. The van der Waals surface area contributed by atoms with E-state index in [0.29, 0.717) is 29.2 Å². The summed E-state index contributed by atoms with van der Waals surface area (Å²) >= 11 is 0. The highest BCUT2D eigenvalue weighted by Gasteiger charge is 2.32. The summed E-state index contributed by atoms with van der Waals surface area (Å²) in [6.07, 6.45) is 6.52. The summed E-state index contributed by atoms with van der Waals surface area (Å²) in [4.78, 5) is 15.2. The van der Waals surface area contributed by atoms with Gasteiger partial charge in [0.1, 0.15) is 17.2 Å². The molecule has 0 amide bonds. The van der Waals surface area contributed by atoms with Crippen molar-refractivity contribution in [2.45, 2.75) is 32.2 Å². The van der Waals surface area contributed by atoms with Crippen LogP contribution in [0, 0.1) is 0 Å². The fourth-order valence-electron chi connectivity index (χ4n) is 3.89. The van der Waals surface area contributed by atoms with Crippen LogP contribution in [-0.4, -0.2) is 36.0 Å². The zero-order valence-electron chi connectivity index (χ0n) is 16.1. The molecule has 0 aromatic heterocycles. The molecule has 0 spiro atoms. The average molecular weight is 379 g/mol. The number of likely N-dealkylation sites (tertiary alicyclic amines) is 1. The minimum atomic E-state index is -0.168. The Morgan fingerprint density at radius 3 is 2.61 bits per heavy atom. The zero-order valence-corrected chi connectivity index (χ0v) is 16.1. The lowest BCUT2D eigenvalue weighted by Gasteiger charge is -2.21. The Balaban J connectivity index is 1.65. The van der Waals surface area contributed by atoms with Crippen LogP contribution < -0.4 is 9.47 Å². The molecule has 1 saturated heterocycles. The lowest BCUT2D eigenvalue weighted by atomic mass is 10.0. The first-order valence-electron chi connectivity index (χ1n) is 9.82. The van der Waals surface area contributed by atoms with E-state index in [-0.39, 0.29) is 17.3 Å². The molecule has 0 saturated carbocycles. The van der Waals surface area contributed by atoms with Crippen LogP contribution in [-0.2, 0) is 6.54 Å². The summed E-state index contributed by atoms with van der Waals surface area (Å²) in [7, 11) is 1.60. The number of phenolic OH excluding ortho intramolecular Hbond substituents is 1. The van der Waals surface area contributed by atoms with Crippen LogP contribution in [0.2, 0.25) is 0 Å². The van der Waals surface area contributed by atoms with Gasteiger partial charge in [0, 0.05) is 12.1 Å². The summed E-state index contributed by atoms with van der Waals surface area (Å²) in [5.74, 6) is 1.42. The first-order valence-corrected chi connectivity index (χ1v) is 9.82. The second kappa shape index (κ2) is 8.07. The van der Waals surface area contributed by atoms with Crippen LogP contribution in [0.15, 0.2) is 42.2 Å². The van der Waals surface area contributed by atoms with Crippen molar-refractivity contribution in [3.63, 3.8) is 0 Å². The number of hydrogen-bond donors (Lipinski definition) is 1. The number of rotatable bonds is 4. The number of Topliss-reactive ketones (excluding diaryl/α,β-unsaturated/α-hetero) is 1. The van der Waals surface area contributed by atoms with E-state index in [2.05, 4.69) is 4.90 Å². The number of nitrogens with zero attached hydrogens (tertiary/aromatic N) is 1. The maximum Gasteiger partial charge on any atom is 0.231 e. The largest absolute Gasteiger partial charge is 0.507 e. The number of para-hydroxylation sites is 1. The fourth-order valence-corrected chi connectivity index (χ4v) is 3.89. The number of ether oxygens (including phenoxy) is 2. The molecular formula is C23H25NO4. The first-order chi connectivity index (χ1) is 13.7. The van der Waals surface area contributed by atoms with Gasteiger partial charge in [-0.15, -0.1) is 0 Å². The summed E-state index contributed by atoms with van der Waals surface area (Å²) in [6.45, 7) is 2.59. The van der Waals surface area contributed by atoms with Gasteiger partial charge < -0.3 is 14.6 Å². The van der Waals surface area contributed by atoms with Crippen molar-refractivity contribution in [2.75, 3.05) is 20.2 Å². The molecule has 2 aliphatic rings. The van der Waals surface area contributed by atoms with Gasteiger partial charge in [-0.2, -0.15) is 0 Å². The van der Waals surface area contributed by atoms with E-state index >= 15 is 0 Å². The van der Waals surface area contributed by atoms with E-state index in [1.807, 2.05) is 24.3 Å². The zero-order chi connectivity index (χ0) is 19.5. The smallest absolute Gasteiger partial charge is 0.231 e. The highest BCUT2D eigenvalue weighted by molar-refractivity contribution is 6.15. The number of allylic oxidation sites excluding steroid dienone is 1. The van der Waals surface area contributed by atoms with Crippen molar-refractivity contribution in [3.05, 3.63) is 58.8 Å². The topological polar surface area (TPSA) is 59.0 Å². The molecule has 5 nitrogen and oxygen atoms in total. The SMILES string of the molecule is COc1ccccc1/C=C1\Oc2c(ccc(O)c2CN2CCCCCC2)C1=O. The molecule has 2 heterocycles. The minimum absolute atomic E-state index is 0.168. The molecule has 1 N–H and O–H groups in total. The second-order valence-corrected chi connectivity index (χ2v) is 7.31. The van der Waals surface area contributed by atoms with Gasteiger partial charge in [0.2, 0.25) is 5.78 Å². The van der Waals surface area contributed by atoms with Crippen molar-refractivity contribution in [3.8, 4) is 17.2 Å². The maximum absolute atomic E-state index is 12.9. The number of ketones is 1. The lowest BCUT2D eigenvalue weighted by Crippen LogP contribution is -2.24. The normalized spacial score (nSPS) is 18.6. The predicted molar refractivity (Wildman–Crippen MR) is 108 cm³/mol. The molecule has 0 atom stereocenters. The number of aromatic hydroxyl groups is 1. The molecule has 28 heavy (non-hydrogen) atoms. The van der Waals surface area contributed by atoms with Crippen molar-refractivity contribution in [2.24, 2.45) is 0 Å². The van der Waals surface area contributed by atoms with Crippen molar-refractivity contribution >= 4 is 11.9 Å². The highest BCUT2D eigenvalue weighted by atomic mass is 16.5. The van der Waals surface area contributed by atoms with Gasteiger partial charge in [0.05, 0.1) is 18.2 Å². The average Bonchev–Trinajstić information content (AvgIpc) is 2.88. The van der Waals surface area contributed by atoms with E-state index in [4.69, 9.17) is 9.47 Å². The molecule has 0 unspecified atom stereocenters. The first kappa shape index (κ1) is 18.6. The van der Waals surface area contributed by atoms with Gasteiger partial charge in [0.15, 0.2) is 5.76 Å². The van der Waals surface area contributed by atoms with E-state index in [9.17, 15) is 9.90 Å². The number of hydrogen-bond acceptors (Lipinski definition) is 5. The van der Waals surface area contributed by atoms with Crippen molar-refractivity contribution in [1.82, 2.24) is 4.90 Å². The van der Waals surface area contributed by atoms with Crippen LogP contribution in [0.5, 0.6) is 17.2 Å². The summed E-state index contributed by atoms with van der Waals surface area (Å²) < 4.78 is 11.3. The van der Waals surface area contributed by atoms with Crippen LogP contribution >= 0.6 is 0 Å². The van der Waals surface area contributed by atoms with E-state index in [1.54, 1.807) is 25.3 Å². The van der Waals surface area contributed by atoms with E-state index in [1.165, 1.54) is 12.8 Å². The molecule has 1 fully saturated rings. The highest BCUT2D eigenvalue weighted by Crippen LogP contribution is 2.40. The van der Waals surface area contributed by atoms with Crippen molar-refractivity contribution < 1.29 is 19.4 Å².